The molecule has 1 fully saturated rings. The maximum Gasteiger partial charge on any atom is 0.126 e. The van der Waals surface area contributed by atoms with Gasteiger partial charge >= 0.3 is 0 Å². The van der Waals surface area contributed by atoms with E-state index in [2.05, 4.69) is 4.98 Å². The minimum atomic E-state index is -0.0909. The van der Waals surface area contributed by atoms with E-state index in [-0.39, 0.29) is 5.41 Å². The van der Waals surface area contributed by atoms with Crippen LogP contribution in [0, 0.1) is 5.41 Å². The normalized spacial score (nSPS) is 18.2. The predicted molar refractivity (Wildman–Crippen MR) is 50.7 cm³/mol. The van der Waals surface area contributed by atoms with Crippen LogP contribution in [0.15, 0.2) is 18.5 Å². The fraction of sp³-hybridized carbons (Fsp3) is 0.400. The molecule has 2 rings (SSSR count). The summed E-state index contributed by atoms with van der Waals surface area (Å²) in [5.74, 6) is 0. The zero-order chi connectivity index (χ0) is 9.31. The lowest BCUT2D eigenvalue weighted by atomic mass is 10.00. The van der Waals surface area contributed by atoms with Crippen molar-refractivity contribution >= 4 is 17.9 Å². The van der Waals surface area contributed by atoms with Gasteiger partial charge < -0.3 is 4.79 Å². The third kappa shape index (κ3) is 1.89. The second kappa shape index (κ2) is 3.11. The average Bonchev–Trinajstić information content (AvgIpc) is 2.86. The Kier molecular flexibility index (Phi) is 2.08. The number of aldehydes is 1. The van der Waals surface area contributed by atoms with Gasteiger partial charge in [0.25, 0.3) is 0 Å². The summed E-state index contributed by atoms with van der Waals surface area (Å²) in [6.45, 7) is 0. The first-order chi connectivity index (χ1) is 6.24. The van der Waals surface area contributed by atoms with E-state index in [0.29, 0.717) is 5.02 Å². The van der Waals surface area contributed by atoms with Crippen LogP contribution < -0.4 is 0 Å². The minimum absolute atomic E-state index is 0.0909. The summed E-state index contributed by atoms with van der Waals surface area (Å²) in [6.07, 6.45) is 7.23. The Morgan fingerprint density at radius 1 is 1.54 bits per heavy atom. The molecule has 1 aromatic rings. The molecule has 1 heterocycles. The van der Waals surface area contributed by atoms with Gasteiger partial charge in [0.15, 0.2) is 0 Å². The van der Waals surface area contributed by atoms with Gasteiger partial charge in [-0.25, -0.2) is 0 Å². The van der Waals surface area contributed by atoms with Crippen molar-refractivity contribution in [3.05, 3.63) is 29.0 Å². The van der Waals surface area contributed by atoms with Crippen LogP contribution in [-0.2, 0) is 11.2 Å². The summed E-state index contributed by atoms with van der Waals surface area (Å²) < 4.78 is 0. The molecule has 0 saturated heterocycles. The summed E-state index contributed by atoms with van der Waals surface area (Å²) in [5.41, 5.74) is 0.962. The number of pyridine rings is 1. The van der Waals surface area contributed by atoms with Gasteiger partial charge in [0.1, 0.15) is 6.29 Å². The number of nitrogens with zero attached hydrogens (tertiary/aromatic N) is 1. The summed E-state index contributed by atoms with van der Waals surface area (Å²) in [5, 5.41) is 0.638. The molecule has 1 aliphatic rings. The molecule has 0 aromatic carbocycles. The molecule has 3 heteroatoms. The lowest BCUT2D eigenvalue weighted by Crippen LogP contribution is -2.06. The highest BCUT2D eigenvalue weighted by atomic mass is 35.5. The molecule has 13 heavy (non-hydrogen) atoms. The van der Waals surface area contributed by atoms with Crippen molar-refractivity contribution in [2.75, 3.05) is 0 Å². The number of aromatic nitrogens is 1. The van der Waals surface area contributed by atoms with Crippen molar-refractivity contribution in [2.45, 2.75) is 19.3 Å². The van der Waals surface area contributed by atoms with Crippen molar-refractivity contribution in [3.8, 4) is 0 Å². The van der Waals surface area contributed by atoms with Gasteiger partial charge in [-0.15, -0.1) is 0 Å². The van der Waals surface area contributed by atoms with Gasteiger partial charge in [0.05, 0.1) is 5.02 Å². The summed E-state index contributed by atoms with van der Waals surface area (Å²) in [6, 6.07) is 1.87. The van der Waals surface area contributed by atoms with E-state index in [1.807, 2.05) is 6.07 Å². The summed E-state index contributed by atoms with van der Waals surface area (Å²) >= 11 is 5.79. The number of carbonyl (C=O) groups excluding carboxylic acids is 1. The number of carbonyl (C=O) groups is 1. The Hall–Kier alpha value is -0.890. The van der Waals surface area contributed by atoms with Crippen molar-refractivity contribution in [1.82, 2.24) is 4.98 Å². The molecule has 0 N–H and O–H groups in total. The smallest absolute Gasteiger partial charge is 0.126 e. The molecule has 1 aromatic heterocycles. The number of rotatable bonds is 3. The first-order valence-corrected chi connectivity index (χ1v) is 4.68. The second-order valence-corrected chi connectivity index (χ2v) is 4.10. The average molecular weight is 196 g/mol. The molecule has 1 aliphatic carbocycles. The van der Waals surface area contributed by atoms with E-state index in [9.17, 15) is 4.79 Å². The summed E-state index contributed by atoms with van der Waals surface area (Å²) in [4.78, 5) is 14.7. The first-order valence-electron chi connectivity index (χ1n) is 4.30. The topological polar surface area (TPSA) is 30.0 Å². The van der Waals surface area contributed by atoms with Gasteiger partial charge in [-0.2, -0.15) is 0 Å². The molecule has 0 amide bonds. The fourth-order valence-corrected chi connectivity index (χ4v) is 1.65. The third-order valence-electron chi connectivity index (χ3n) is 2.46. The highest BCUT2D eigenvalue weighted by Gasteiger charge is 2.42. The lowest BCUT2D eigenvalue weighted by molar-refractivity contribution is -0.112. The van der Waals surface area contributed by atoms with E-state index in [1.165, 1.54) is 0 Å². The van der Waals surface area contributed by atoms with Crippen LogP contribution in [0.25, 0.3) is 0 Å². The lowest BCUT2D eigenvalue weighted by Gasteiger charge is -2.05. The Morgan fingerprint density at radius 3 is 2.85 bits per heavy atom. The van der Waals surface area contributed by atoms with Gasteiger partial charge in [-0.3, -0.25) is 4.98 Å². The standard InChI is InChI=1S/C10H10ClNO/c11-9-3-8(5-12-6-9)4-10(7-13)1-2-10/h3,5-7H,1-2,4H2. The zero-order valence-electron chi connectivity index (χ0n) is 7.16. The van der Waals surface area contributed by atoms with Gasteiger partial charge in [0.2, 0.25) is 0 Å². The van der Waals surface area contributed by atoms with Gasteiger partial charge in [-0.05, 0) is 30.9 Å². The molecular formula is C10H10ClNO. The van der Waals surface area contributed by atoms with Crippen molar-refractivity contribution < 1.29 is 4.79 Å². The molecule has 0 atom stereocenters. The molecule has 1 saturated carbocycles. The van der Waals surface area contributed by atoms with Crippen LogP contribution in [0.3, 0.4) is 0 Å². The quantitative estimate of drug-likeness (QED) is 0.693. The molecular weight excluding hydrogens is 186 g/mol. The van der Waals surface area contributed by atoms with Crippen molar-refractivity contribution in [2.24, 2.45) is 5.41 Å². The van der Waals surface area contributed by atoms with E-state index in [4.69, 9.17) is 11.6 Å². The number of hydrogen-bond acceptors (Lipinski definition) is 2. The van der Waals surface area contributed by atoms with Crippen LogP contribution in [0.2, 0.25) is 5.02 Å². The van der Waals surface area contributed by atoms with E-state index in [0.717, 1.165) is 31.1 Å². The van der Waals surface area contributed by atoms with E-state index in [1.54, 1.807) is 12.4 Å². The van der Waals surface area contributed by atoms with E-state index < -0.39 is 0 Å². The SMILES string of the molecule is O=CC1(Cc2cncc(Cl)c2)CC1. The maximum absolute atomic E-state index is 10.7. The van der Waals surface area contributed by atoms with E-state index >= 15 is 0 Å². The Labute approximate surface area is 81.9 Å². The highest BCUT2D eigenvalue weighted by Crippen LogP contribution is 2.46. The molecule has 0 aliphatic heterocycles. The second-order valence-electron chi connectivity index (χ2n) is 3.67. The number of hydrogen-bond donors (Lipinski definition) is 0. The monoisotopic (exact) mass is 195 g/mol. The van der Waals surface area contributed by atoms with Gasteiger partial charge in [-0.1, -0.05) is 11.6 Å². The maximum atomic E-state index is 10.7. The first kappa shape index (κ1) is 8.70. The minimum Gasteiger partial charge on any atom is -0.303 e. The number of halogens is 1. The largest absolute Gasteiger partial charge is 0.303 e. The highest BCUT2D eigenvalue weighted by molar-refractivity contribution is 6.30. The Morgan fingerprint density at radius 2 is 2.31 bits per heavy atom. The fourth-order valence-electron chi connectivity index (χ4n) is 1.46. The van der Waals surface area contributed by atoms with Crippen LogP contribution in [0.1, 0.15) is 18.4 Å². The van der Waals surface area contributed by atoms with Gasteiger partial charge in [0, 0.05) is 17.8 Å². The Bertz CT molecular complexity index is 333. The molecule has 68 valence electrons. The van der Waals surface area contributed by atoms with Crippen LogP contribution in [0.5, 0.6) is 0 Å². The summed E-state index contributed by atoms with van der Waals surface area (Å²) in [7, 11) is 0. The van der Waals surface area contributed by atoms with Crippen LogP contribution >= 0.6 is 11.6 Å². The molecule has 2 nitrogen and oxygen atoms in total. The molecule has 0 bridgehead atoms. The van der Waals surface area contributed by atoms with Crippen molar-refractivity contribution in [3.63, 3.8) is 0 Å². The van der Waals surface area contributed by atoms with Crippen LogP contribution in [0.4, 0.5) is 0 Å². The zero-order valence-corrected chi connectivity index (χ0v) is 7.92. The molecule has 0 radical (unpaired) electrons. The van der Waals surface area contributed by atoms with Crippen LogP contribution in [-0.4, -0.2) is 11.3 Å². The molecule has 0 spiro atoms. The Balaban J connectivity index is 2.14. The predicted octanol–water partition coefficient (Wildman–Crippen LogP) is 2.26. The third-order valence-corrected chi connectivity index (χ3v) is 2.67. The van der Waals surface area contributed by atoms with Crippen molar-refractivity contribution in [1.29, 1.82) is 0 Å². The molecule has 0 unspecified atom stereocenters.